The number of hydrogen-bond acceptors (Lipinski definition) is 5. The summed E-state index contributed by atoms with van der Waals surface area (Å²) < 4.78 is 1.86. The number of pyridine rings is 1. The van der Waals surface area contributed by atoms with Crippen molar-refractivity contribution in [3.63, 3.8) is 0 Å². The lowest BCUT2D eigenvalue weighted by molar-refractivity contribution is -0.124. The zero-order chi connectivity index (χ0) is 22.1. The van der Waals surface area contributed by atoms with Crippen LogP contribution in [0.4, 0.5) is 11.6 Å². The number of anilines is 2. The summed E-state index contributed by atoms with van der Waals surface area (Å²) >= 11 is 0. The molecule has 2 aromatic heterocycles. The van der Waals surface area contributed by atoms with Gasteiger partial charge >= 0.3 is 0 Å². The van der Waals surface area contributed by atoms with Gasteiger partial charge in [-0.3, -0.25) is 19.3 Å². The molecule has 158 valence electrons. The second-order valence-electron chi connectivity index (χ2n) is 7.44. The van der Waals surface area contributed by atoms with Crippen LogP contribution in [0.2, 0.25) is 0 Å². The van der Waals surface area contributed by atoms with E-state index in [0.29, 0.717) is 18.9 Å². The Kier molecular flexibility index (Phi) is 5.37. The van der Waals surface area contributed by atoms with Crippen LogP contribution in [0.5, 0.6) is 0 Å². The van der Waals surface area contributed by atoms with Crippen LogP contribution in [0.15, 0.2) is 48.7 Å². The monoisotopic (exact) mass is 417 g/mol. The first-order chi connectivity index (χ1) is 14.9. The number of amides is 3. The van der Waals surface area contributed by atoms with E-state index in [1.165, 1.54) is 13.8 Å². The first-order valence-electron chi connectivity index (χ1n) is 10.1. The molecule has 0 N–H and O–H groups in total. The number of hydrogen-bond donors (Lipinski definition) is 0. The van der Waals surface area contributed by atoms with Crippen molar-refractivity contribution in [2.24, 2.45) is 0 Å². The Bertz CT molecular complexity index is 1160. The van der Waals surface area contributed by atoms with E-state index in [2.05, 4.69) is 4.98 Å². The summed E-state index contributed by atoms with van der Waals surface area (Å²) in [5.74, 6) is 0.0596. The Morgan fingerprint density at radius 3 is 2.29 bits per heavy atom. The van der Waals surface area contributed by atoms with Crippen LogP contribution in [0, 0.1) is 0 Å². The zero-order valence-corrected chi connectivity index (χ0v) is 17.7. The molecule has 1 aromatic carbocycles. The normalized spacial score (nSPS) is 12.9. The van der Waals surface area contributed by atoms with Gasteiger partial charge in [0, 0.05) is 45.6 Å². The summed E-state index contributed by atoms with van der Waals surface area (Å²) in [6.45, 7) is 5.49. The maximum absolute atomic E-state index is 12.4. The van der Waals surface area contributed by atoms with E-state index in [1.54, 1.807) is 30.2 Å². The standard InChI is InChI=1S/C23H23N5O3/c1-15(29)26-12-7-13-27-23(26)21(22(25-27)18-8-5-4-6-9-18)19-10-11-24-20(14-19)28(16(2)30)17(3)31/h4-6,8-11,14H,7,12-13H2,1-3H3. The van der Waals surface area contributed by atoms with E-state index in [9.17, 15) is 14.4 Å². The largest absolute Gasteiger partial charge is 0.297 e. The molecule has 3 amide bonds. The maximum Gasteiger partial charge on any atom is 0.231 e. The van der Waals surface area contributed by atoms with Crippen LogP contribution >= 0.6 is 0 Å². The molecule has 0 saturated carbocycles. The van der Waals surface area contributed by atoms with Crippen molar-refractivity contribution in [1.29, 1.82) is 0 Å². The van der Waals surface area contributed by atoms with Gasteiger partial charge in [-0.25, -0.2) is 14.6 Å². The van der Waals surface area contributed by atoms with Gasteiger partial charge in [0.05, 0.1) is 5.56 Å². The van der Waals surface area contributed by atoms with E-state index < -0.39 is 11.8 Å². The minimum atomic E-state index is -0.414. The third-order valence-electron chi connectivity index (χ3n) is 5.25. The molecule has 0 saturated heterocycles. The molecule has 0 bridgehead atoms. The molecule has 1 aliphatic heterocycles. The molecule has 0 radical (unpaired) electrons. The summed E-state index contributed by atoms with van der Waals surface area (Å²) in [6.07, 6.45) is 2.37. The topological polar surface area (TPSA) is 88.4 Å². The summed E-state index contributed by atoms with van der Waals surface area (Å²) in [4.78, 5) is 43.5. The van der Waals surface area contributed by atoms with Gasteiger partial charge in [0.25, 0.3) is 0 Å². The lowest BCUT2D eigenvalue weighted by Crippen LogP contribution is -2.36. The quantitative estimate of drug-likeness (QED) is 0.653. The van der Waals surface area contributed by atoms with Gasteiger partial charge < -0.3 is 0 Å². The molecule has 1 aliphatic rings. The Hall–Kier alpha value is -3.81. The highest BCUT2D eigenvalue weighted by Gasteiger charge is 2.30. The lowest BCUT2D eigenvalue weighted by atomic mass is 10.0. The molecule has 8 heteroatoms. The summed E-state index contributed by atoms with van der Waals surface area (Å²) in [6, 6.07) is 13.2. The number of benzene rings is 1. The fourth-order valence-corrected chi connectivity index (χ4v) is 3.98. The number of carbonyl (C=O) groups is 3. The van der Waals surface area contributed by atoms with Crippen molar-refractivity contribution >= 4 is 29.4 Å². The number of carbonyl (C=O) groups excluding carboxylic acids is 3. The fourth-order valence-electron chi connectivity index (χ4n) is 3.98. The molecule has 0 aliphatic carbocycles. The Balaban J connectivity index is 1.97. The fraction of sp³-hybridized carbons (Fsp3) is 0.261. The summed E-state index contributed by atoms with van der Waals surface area (Å²) in [7, 11) is 0. The van der Waals surface area contributed by atoms with Gasteiger partial charge in [0.2, 0.25) is 17.7 Å². The first-order valence-corrected chi connectivity index (χ1v) is 10.1. The van der Waals surface area contributed by atoms with Crippen LogP contribution in [-0.2, 0) is 20.9 Å². The van der Waals surface area contributed by atoms with Crippen LogP contribution < -0.4 is 9.80 Å². The van der Waals surface area contributed by atoms with Crippen molar-refractivity contribution < 1.29 is 14.4 Å². The molecule has 3 aromatic rings. The number of imide groups is 1. The summed E-state index contributed by atoms with van der Waals surface area (Å²) in [5.41, 5.74) is 3.15. The average molecular weight is 417 g/mol. The zero-order valence-electron chi connectivity index (χ0n) is 17.7. The molecule has 4 rings (SSSR count). The molecule has 0 spiro atoms. The number of fused-ring (bicyclic) bond motifs is 1. The second kappa shape index (κ2) is 8.14. The van der Waals surface area contributed by atoms with E-state index in [0.717, 1.165) is 33.7 Å². The molecule has 0 fully saturated rings. The maximum atomic E-state index is 12.4. The van der Waals surface area contributed by atoms with E-state index in [-0.39, 0.29) is 11.7 Å². The van der Waals surface area contributed by atoms with Crippen LogP contribution in [0.25, 0.3) is 22.4 Å². The molecule has 3 heterocycles. The highest BCUT2D eigenvalue weighted by Crippen LogP contribution is 2.41. The predicted octanol–water partition coefficient (Wildman–Crippen LogP) is 3.27. The van der Waals surface area contributed by atoms with Gasteiger partial charge in [0.1, 0.15) is 17.3 Å². The van der Waals surface area contributed by atoms with Gasteiger partial charge in [-0.15, -0.1) is 0 Å². The van der Waals surface area contributed by atoms with Crippen molar-refractivity contribution in [2.75, 3.05) is 16.3 Å². The second-order valence-corrected chi connectivity index (χ2v) is 7.44. The van der Waals surface area contributed by atoms with Crippen molar-refractivity contribution in [2.45, 2.75) is 33.7 Å². The van der Waals surface area contributed by atoms with E-state index in [4.69, 9.17) is 5.10 Å². The van der Waals surface area contributed by atoms with Crippen LogP contribution in [-0.4, -0.2) is 39.0 Å². The van der Waals surface area contributed by atoms with Crippen molar-refractivity contribution in [3.05, 3.63) is 48.7 Å². The summed E-state index contributed by atoms with van der Waals surface area (Å²) in [5, 5.41) is 4.83. The molecule has 0 atom stereocenters. The van der Waals surface area contributed by atoms with Gasteiger partial charge in [0.15, 0.2) is 0 Å². The third kappa shape index (κ3) is 3.72. The van der Waals surface area contributed by atoms with E-state index >= 15 is 0 Å². The first kappa shape index (κ1) is 20.5. The van der Waals surface area contributed by atoms with Crippen molar-refractivity contribution in [1.82, 2.24) is 14.8 Å². The minimum absolute atomic E-state index is 0.0647. The minimum Gasteiger partial charge on any atom is -0.297 e. The number of aromatic nitrogens is 3. The number of aryl methyl sites for hydroxylation is 1. The molecule has 8 nitrogen and oxygen atoms in total. The molecular formula is C23H23N5O3. The van der Waals surface area contributed by atoms with Gasteiger partial charge in [-0.1, -0.05) is 30.3 Å². The Morgan fingerprint density at radius 1 is 0.935 bits per heavy atom. The smallest absolute Gasteiger partial charge is 0.231 e. The number of nitrogens with zero attached hydrogens (tertiary/aromatic N) is 5. The third-order valence-corrected chi connectivity index (χ3v) is 5.25. The Labute approximate surface area is 180 Å². The average Bonchev–Trinajstić information content (AvgIpc) is 3.13. The molecule has 31 heavy (non-hydrogen) atoms. The highest BCUT2D eigenvalue weighted by atomic mass is 16.2. The van der Waals surface area contributed by atoms with Crippen LogP contribution in [0.1, 0.15) is 27.2 Å². The molecular weight excluding hydrogens is 394 g/mol. The lowest BCUT2D eigenvalue weighted by Gasteiger charge is -2.28. The SMILES string of the molecule is CC(=O)N1CCCn2nc(-c3ccccc3)c(-c3ccnc(N(C(C)=O)C(C)=O)c3)c21. The van der Waals surface area contributed by atoms with Gasteiger partial charge in [-0.2, -0.15) is 5.10 Å². The highest BCUT2D eigenvalue weighted by molar-refractivity contribution is 6.12. The van der Waals surface area contributed by atoms with Crippen LogP contribution in [0.3, 0.4) is 0 Å². The predicted molar refractivity (Wildman–Crippen MR) is 117 cm³/mol. The van der Waals surface area contributed by atoms with E-state index in [1.807, 2.05) is 35.0 Å². The molecule has 0 unspecified atom stereocenters. The number of rotatable bonds is 3. The van der Waals surface area contributed by atoms with Crippen molar-refractivity contribution in [3.8, 4) is 22.4 Å². The Morgan fingerprint density at radius 2 is 1.65 bits per heavy atom. The van der Waals surface area contributed by atoms with Gasteiger partial charge in [-0.05, 0) is 24.1 Å².